The van der Waals surface area contributed by atoms with Crippen molar-refractivity contribution in [3.63, 3.8) is 0 Å². The molecule has 0 atom stereocenters. The Morgan fingerprint density at radius 1 is 1.07 bits per heavy atom. The first-order valence-corrected chi connectivity index (χ1v) is 11.1. The van der Waals surface area contributed by atoms with Crippen molar-refractivity contribution in [3.05, 3.63) is 77.6 Å². The molecule has 0 bridgehead atoms. The Kier molecular flexibility index (Phi) is 5.12. The summed E-state index contributed by atoms with van der Waals surface area (Å²) in [6, 6.07) is 18.1. The summed E-state index contributed by atoms with van der Waals surface area (Å²) in [7, 11) is 0. The Morgan fingerprint density at radius 2 is 1.90 bits per heavy atom. The standard InChI is InChI=1S/C21H16N6OS2/c28-18(24-20-22-10-11-29-20)13-30-21-26-25-19-15-8-4-5-9-16(15)23-17(27(19)21)12-14-6-2-1-3-7-14/h1-11H,12-13H2,(H,22,24,28). The highest BCUT2D eigenvalue weighted by atomic mass is 32.2. The monoisotopic (exact) mass is 432 g/mol. The Labute approximate surface area is 180 Å². The molecule has 30 heavy (non-hydrogen) atoms. The number of anilines is 1. The molecule has 3 heterocycles. The molecule has 0 fully saturated rings. The van der Waals surface area contributed by atoms with Gasteiger partial charge in [0, 0.05) is 23.4 Å². The van der Waals surface area contributed by atoms with E-state index in [0.717, 1.165) is 27.9 Å². The first kappa shape index (κ1) is 18.7. The van der Waals surface area contributed by atoms with Crippen molar-refractivity contribution in [1.29, 1.82) is 0 Å². The van der Waals surface area contributed by atoms with Crippen molar-refractivity contribution < 1.29 is 4.79 Å². The average molecular weight is 433 g/mol. The van der Waals surface area contributed by atoms with Gasteiger partial charge in [-0.05, 0) is 17.7 Å². The summed E-state index contributed by atoms with van der Waals surface area (Å²) in [6.07, 6.45) is 2.30. The van der Waals surface area contributed by atoms with Crippen LogP contribution in [0, 0.1) is 0 Å². The minimum atomic E-state index is -0.134. The summed E-state index contributed by atoms with van der Waals surface area (Å²) in [6.45, 7) is 0. The second kappa shape index (κ2) is 8.21. The van der Waals surface area contributed by atoms with Crippen LogP contribution in [0.25, 0.3) is 16.6 Å². The molecule has 0 radical (unpaired) electrons. The zero-order valence-electron chi connectivity index (χ0n) is 15.7. The van der Waals surface area contributed by atoms with Gasteiger partial charge in [-0.15, -0.1) is 21.5 Å². The van der Waals surface area contributed by atoms with Crippen molar-refractivity contribution in [1.82, 2.24) is 24.6 Å². The predicted octanol–water partition coefficient (Wildman–Crippen LogP) is 4.06. The number of fused-ring (bicyclic) bond motifs is 3. The van der Waals surface area contributed by atoms with Crippen molar-refractivity contribution in [2.45, 2.75) is 11.6 Å². The minimum Gasteiger partial charge on any atom is -0.301 e. The van der Waals surface area contributed by atoms with Crippen molar-refractivity contribution >= 4 is 50.7 Å². The van der Waals surface area contributed by atoms with E-state index in [9.17, 15) is 4.79 Å². The van der Waals surface area contributed by atoms with Gasteiger partial charge in [-0.2, -0.15) is 0 Å². The van der Waals surface area contributed by atoms with Crippen molar-refractivity contribution in [2.24, 2.45) is 0 Å². The SMILES string of the molecule is O=C(CSc1nnc2c3ccccc3nc(Cc3ccccc3)n12)Nc1nccs1. The summed E-state index contributed by atoms with van der Waals surface area (Å²) in [5.74, 6) is 0.908. The van der Waals surface area contributed by atoms with Crippen LogP contribution in [0.15, 0.2) is 71.3 Å². The van der Waals surface area contributed by atoms with Gasteiger partial charge in [-0.1, -0.05) is 54.2 Å². The van der Waals surface area contributed by atoms with E-state index in [4.69, 9.17) is 4.98 Å². The van der Waals surface area contributed by atoms with E-state index >= 15 is 0 Å². The summed E-state index contributed by atoms with van der Waals surface area (Å²) < 4.78 is 1.96. The maximum atomic E-state index is 12.3. The fourth-order valence-electron chi connectivity index (χ4n) is 3.19. The Balaban J connectivity index is 1.50. The van der Waals surface area contributed by atoms with Crippen molar-refractivity contribution in [2.75, 3.05) is 11.1 Å². The molecule has 5 aromatic rings. The minimum absolute atomic E-state index is 0.134. The highest BCUT2D eigenvalue weighted by Gasteiger charge is 2.17. The van der Waals surface area contributed by atoms with Crippen LogP contribution in [0.5, 0.6) is 0 Å². The first-order valence-electron chi connectivity index (χ1n) is 9.27. The predicted molar refractivity (Wildman–Crippen MR) is 119 cm³/mol. The quantitative estimate of drug-likeness (QED) is 0.408. The molecular weight excluding hydrogens is 416 g/mol. The number of hydrogen-bond donors (Lipinski definition) is 1. The molecule has 0 saturated carbocycles. The highest BCUT2D eigenvalue weighted by Crippen LogP contribution is 2.25. The lowest BCUT2D eigenvalue weighted by Crippen LogP contribution is -2.14. The van der Waals surface area contributed by atoms with Gasteiger partial charge >= 0.3 is 0 Å². The normalized spacial score (nSPS) is 11.2. The zero-order chi connectivity index (χ0) is 20.3. The Morgan fingerprint density at radius 3 is 2.73 bits per heavy atom. The topological polar surface area (TPSA) is 85.1 Å². The number of nitrogens with zero attached hydrogens (tertiary/aromatic N) is 5. The first-order chi connectivity index (χ1) is 14.8. The average Bonchev–Trinajstić information content (AvgIpc) is 3.43. The molecular formula is C21H16N6OS2. The third-order valence-electron chi connectivity index (χ3n) is 4.50. The lowest BCUT2D eigenvalue weighted by Gasteiger charge is -2.09. The van der Waals surface area contributed by atoms with Gasteiger partial charge < -0.3 is 5.32 Å². The number of carbonyl (C=O) groups is 1. The molecule has 0 aliphatic heterocycles. The third kappa shape index (κ3) is 3.77. The number of hydrogen-bond acceptors (Lipinski definition) is 7. The van der Waals surface area contributed by atoms with E-state index in [1.54, 1.807) is 6.20 Å². The van der Waals surface area contributed by atoms with E-state index < -0.39 is 0 Å². The summed E-state index contributed by atoms with van der Waals surface area (Å²) >= 11 is 2.72. The van der Waals surface area contributed by atoms with Crippen LogP contribution in [-0.4, -0.2) is 36.2 Å². The molecule has 0 aliphatic carbocycles. The fourth-order valence-corrected chi connectivity index (χ4v) is 4.48. The van der Waals surface area contributed by atoms with Gasteiger partial charge in [0.05, 0.1) is 11.3 Å². The number of rotatable bonds is 6. The van der Waals surface area contributed by atoms with Gasteiger partial charge in [0.15, 0.2) is 15.9 Å². The van der Waals surface area contributed by atoms with Gasteiger partial charge in [0.2, 0.25) is 5.91 Å². The summed E-state index contributed by atoms with van der Waals surface area (Å²) in [4.78, 5) is 21.3. The number of benzene rings is 2. The molecule has 0 unspecified atom stereocenters. The molecule has 5 rings (SSSR count). The Bertz CT molecular complexity index is 1320. The van der Waals surface area contributed by atoms with E-state index in [1.807, 2.05) is 52.2 Å². The smallest absolute Gasteiger partial charge is 0.236 e. The van der Waals surface area contributed by atoms with Gasteiger partial charge in [-0.3, -0.25) is 9.20 Å². The lowest BCUT2D eigenvalue weighted by atomic mass is 10.1. The fraction of sp³-hybridized carbons (Fsp3) is 0.0952. The van der Waals surface area contributed by atoms with Crippen LogP contribution >= 0.6 is 23.1 Å². The maximum absolute atomic E-state index is 12.3. The largest absolute Gasteiger partial charge is 0.301 e. The molecule has 0 aliphatic rings. The van der Waals surface area contributed by atoms with E-state index in [0.29, 0.717) is 16.7 Å². The zero-order valence-corrected chi connectivity index (χ0v) is 17.4. The van der Waals surface area contributed by atoms with Crippen LogP contribution in [0.3, 0.4) is 0 Å². The molecule has 7 nitrogen and oxygen atoms in total. The Hall–Kier alpha value is -3.30. The number of aromatic nitrogens is 5. The number of thioether (sulfide) groups is 1. The lowest BCUT2D eigenvalue weighted by molar-refractivity contribution is -0.113. The summed E-state index contributed by atoms with van der Waals surface area (Å²) in [5.41, 5.74) is 2.77. The van der Waals surface area contributed by atoms with Gasteiger partial charge in [0.1, 0.15) is 5.82 Å². The molecule has 2 aromatic carbocycles. The second-order valence-corrected chi connectivity index (χ2v) is 8.36. The molecule has 0 spiro atoms. The van der Waals surface area contributed by atoms with Gasteiger partial charge in [-0.25, -0.2) is 9.97 Å². The molecule has 9 heteroatoms. The number of nitrogens with one attached hydrogen (secondary N) is 1. The molecule has 0 saturated heterocycles. The number of amides is 1. The van der Waals surface area contributed by atoms with Crippen LogP contribution < -0.4 is 5.32 Å². The van der Waals surface area contributed by atoms with Crippen LogP contribution in [0.2, 0.25) is 0 Å². The van der Waals surface area contributed by atoms with Crippen LogP contribution in [-0.2, 0) is 11.2 Å². The van der Waals surface area contributed by atoms with Gasteiger partial charge in [0.25, 0.3) is 0 Å². The highest BCUT2D eigenvalue weighted by molar-refractivity contribution is 7.99. The molecule has 3 aromatic heterocycles. The van der Waals surface area contributed by atoms with E-state index in [-0.39, 0.29) is 11.7 Å². The summed E-state index contributed by atoms with van der Waals surface area (Å²) in [5, 5.41) is 15.5. The maximum Gasteiger partial charge on any atom is 0.236 e. The molecule has 148 valence electrons. The number of para-hydroxylation sites is 1. The number of carbonyl (C=O) groups excluding carboxylic acids is 1. The van der Waals surface area contributed by atoms with Crippen LogP contribution in [0.4, 0.5) is 5.13 Å². The molecule has 1 N–H and O–H groups in total. The van der Waals surface area contributed by atoms with Crippen LogP contribution in [0.1, 0.15) is 11.4 Å². The third-order valence-corrected chi connectivity index (χ3v) is 6.12. The number of thiazole rings is 1. The van der Waals surface area contributed by atoms with E-state index in [2.05, 4.69) is 32.6 Å². The van der Waals surface area contributed by atoms with E-state index in [1.165, 1.54) is 23.1 Å². The second-order valence-electron chi connectivity index (χ2n) is 6.52. The molecule has 1 amide bonds. The van der Waals surface area contributed by atoms with Crippen molar-refractivity contribution in [3.8, 4) is 0 Å².